The van der Waals surface area contributed by atoms with E-state index < -0.39 is 0 Å². The highest BCUT2D eigenvalue weighted by Gasteiger charge is 2.34. The van der Waals surface area contributed by atoms with Gasteiger partial charge in [0.1, 0.15) is 5.76 Å². The van der Waals surface area contributed by atoms with Crippen molar-refractivity contribution in [3.8, 4) is 0 Å². The Morgan fingerprint density at radius 2 is 1.92 bits per heavy atom. The molecule has 5 heteroatoms. The summed E-state index contributed by atoms with van der Waals surface area (Å²) in [6.07, 6.45) is 11.1. The van der Waals surface area contributed by atoms with Gasteiger partial charge in [-0.25, -0.2) is 0 Å². The van der Waals surface area contributed by atoms with Gasteiger partial charge in [0.2, 0.25) is 5.91 Å². The summed E-state index contributed by atoms with van der Waals surface area (Å²) in [7, 11) is 1.76. The first-order valence-corrected chi connectivity index (χ1v) is 10.0. The largest absolute Gasteiger partial charge is 0.381 e. The monoisotopic (exact) mass is 346 g/mol. The highest BCUT2D eigenvalue weighted by atomic mass is 16.5. The average molecular weight is 346 g/mol. The molecule has 1 aliphatic heterocycles. The van der Waals surface area contributed by atoms with E-state index in [9.17, 15) is 4.79 Å². The molecule has 25 heavy (non-hydrogen) atoms. The fourth-order valence-corrected chi connectivity index (χ4v) is 4.94. The maximum absolute atomic E-state index is 12.9. The third kappa shape index (κ3) is 3.48. The number of nitrogens with zero attached hydrogens (tertiary/aromatic N) is 2. The Hall–Kier alpha value is -1.36. The number of aromatic nitrogens is 1. The molecule has 1 saturated heterocycles. The smallest absolute Gasteiger partial charge is 0.225 e. The summed E-state index contributed by atoms with van der Waals surface area (Å²) in [5, 5.41) is 4.31. The summed E-state index contributed by atoms with van der Waals surface area (Å²) >= 11 is 0. The number of rotatable bonds is 3. The lowest BCUT2D eigenvalue weighted by Gasteiger charge is -2.36. The van der Waals surface area contributed by atoms with Gasteiger partial charge in [-0.05, 0) is 57.8 Å². The SMILES string of the molecule is CO[C@H]1CCC[C@H](C(=O)N2CCC(c3onc4c3CCCC4)CC2)C1. The summed E-state index contributed by atoms with van der Waals surface area (Å²) in [6, 6.07) is 0. The summed E-state index contributed by atoms with van der Waals surface area (Å²) in [5.74, 6) is 2.07. The van der Waals surface area contributed by atoms with Crippen LogP contribution < -0.4 is 0 Å². The van der Waals surface area contributed by atoms with E-state index in [1.54, 1.807) is 7.11 Å². The van der Waals surface area contributed by atoms with Crippen molar-refractivity contribution >= 4 is 5.91 Å². The molecule has 1 aromatic heterocycles. The van der Waals surface area contributed by atoms with Crippen molar-refractivity contribution in [2.75, 3.05) is 20.2 Å². The van der Waals surface area contributed by atoms with Crippen LogP contribution >= 0.6 is 0 Å². The van der Waals surface area contributed by atoms with Crippen molar-refractivity contribution in [1.82, 2.24) is 10.1 Å². The highest BCUT2D eigenvalue weighted by Crippen LogP contribution is 2.36. The zero-order chi connectivity index (χ0) is 17.2. The van der Waals surface area contributed by atoms with Crippen LogP contribution in [0.5, 0.6) is 0 Å². The molecule has 138 valence electrons. The first-order valence-electron chi connectivity index (χ1n) is 10.0. The number of hydrogen-bond acceptors (Lipinski definition) is 4. The fourth-order valence-electron chi connectivity index (χ4n) is 4.94. The number of fused-ring (bicyclic) bond motifs is 1. The van der Waals surface area contributed by atoms with Crippen LogP contribution in [0.15, 0.2) is 4.52 Å². The first-order chi connectivity index (χ1) is 12.3. The molecule has 4 rings (SSSR count). The minimum Gasteiger partial charge on any atom is -0.381 e. The number of likely N-dealkylation sites (tertiary alicyclic amines) is 1. The molecule has 0 N–H and O–H groups in total. The van der Waals surface area contributed by atoms with E-state index in [0.717, 1.165) is 70.2 Å². The van der Waals surface area contributed by atoms with E-state index in [4.69, 9.17) is 9.26 Å². The number of hydrogen-bond donors (Lipinski definition) is 0. The molecule has 2 fully saturated rings. The van der Waals surface area contributed by atoms with E-state index >= 15 is 0 Å². The van der Waals surface area contributed by atoms with Crippen LogP contribution in [0.3, 0.4) is 0 Å². The summed E-state index contributed by atoms with van der Waals surface area (Å²) in [5.41, 5.74) is 2.57. The van der Waals surface area contributed by atoms with E-state index in [2.05, 4.69) is 10.1 Å². The Kier molecular flexibility index (Phi) is 5.11. The minimum absolute atomic E-state index is 0.160. The van der Waals surface area contributed by atoms with E-state index in [1.807, 2.05) is 0 Å². The third-order valence-electron chi connectivity index (χ3n) is 6.48. The first kappa shape index (κ1) is 17.1. The molecule has 1 saturated carbocycles. The van der Waals surface area contributed by atoms with Gasteiger partial charge < -0.3 is 14.2 Å². The van der Waals surface area contributed by atoms with Gasteiger partial charge in [-0.15, -0.1) is 0 Å². The number of ether oxygens (including phenoxy) is 1. The number of piperidine rings is 1. The van der Waals surface area contributed by atoms with Gasteiger partial charge >= 0.3 is 0 Å². The highest BCUT2D eigenvalue weighted by molar-refractivity contribution is 5.79. The van der Waals surface area contributed by atoms with E-state index in [-0.39, 0.29) is 12.0 Å². The van der Waals surface area contributed by atoms with Crippen LogP contribution in [0.4, 0.5) is 0 Å². The number of carbonyl (C=O) groups excluding carboxylic acids is 1. The Morgan fingerprint density at radius 3 is 2.72 bits per heavy atom. The normalized spacial score (nSPS) is 28.0. The second-order valence-corrected chi connectivity index (χ2v) is 8.00. The zero-order valence-electron chi connectivity index (χ0n) is 15.3. The van der Waals surface area contributed by atoms with Crippen LogP contribution in [0.1, 0.15) is 74.3 Å². The molecule has 0 radical (unpaired) electrons. The van der Waals surface area contributed by atoms with Gasteiger partial charge in [0.05, 0.1) is 11.8 Å². The predicted octanol–water partition coefficient (Wildman–Crippen LogP) is 3.46. The second-order valence-electron chi connectivity index (χ2n) is 8.00. The molecule has 0 unspecified atom stereocenters. The molecule has 0 bridgehead atoms. The predicted molar refractivity (Wildman–Crippen MR) is 94.5 cm³/mol. The Labute approximate surface area is 150 Å². The number of amides is 1. The van der Waals surface area contributed by atoms with Gasteiger partial charge in [0, 0.05) is 37.6 Å². The van der Waals surface area contributed by atoms with Crippen molar-refractivity contribution in [2.45, 2.75) is 76.2 Å². The van der Waals surface area contributed by atoms with Gasteiger partial charge in [-0.3, -0.25) is 4.79 Å². The average Bonchev–Trinajstić information content (AvgIpc) is 3.12. The molecule has 2 atom stereocenters. The van der Waals surface area contributed by atoms with E-state index in [1.165, 1.54) is 24.1 Å². The maximum atomic E-state index is 12.9. The third-order valence-corrected chi connectivity index (χ3v) is 6.48. The van der Waals surface area contributed by atoms with Crippen molar-refractivity contribution in [1.29, 1.82) is 0 Å². The van der Waals surface area contributed by atoms with Gasteiger partial charge in [-0.2, -0.15) is 0 Å². The topological polar surface area (TPSA) is 55.6 Å². The van der Waals surface area contributed by atoms with Crippen LogP contribution in [-0.4, -0.2) is 42.3 Å². The molecule has 0 aromatic carbocycles. The molecule has 1 aromatic rings. The molecule has 2 aliphatic carbocycles. The summed E-state index contributed by atoms with van der Waals surface area (Å²) in [4.78, 5) is 15.0. The van der Waals surface area contributed by atoms with Crippen LogP contribution in [0.2, 0.25) is 0 Å². The summed E-state index contributed by atoms with van der Waals surface area (Å²) in [6.45, 7) is 1.71. The number of aryl methyl sites for hydroxylation is 1. The number of carbonyl (C=O) groups is 1. The quantitative estimate of drug-likeness (QED) is 0.841. The van der Waals surface area contributed by atoms with Gasteiger partial charge in [-0.1, -0.05) is 11.6 Å². The van der Waals surface area contributed by atoms with Crippen molar-refractivity contribution < 1.29 is 14.1 Å². The zero-order valence-corrected chi connectivity index (χ0v) is 15.3. The molecular formula is C20H30N2O3. The Bertz CT molecular complexity index is 604. The van der Waals surface area contributed by atoms with Crippen LogP contribution in [-0.2, 0) is 22.4 Å². The second kappa shape index (κ2) is 7.48. The van der Waals surface area contributed by atoms with Gasteiger partial charge in [0.25, 0.3) is 0 Å². The van der Waals surface area contributed by atoms with Crippen LogP contribution in [0, 0.1) is 5.92 Å². The van der Waals surface area contributed by atoms with Crippen molar-refractivity contribution in [3.05, 3.63) is 17.0 Å². The lowest BCUT2D eigenvalue weighted by atomic mass is 9.84. The molecule has 5 nitrogen and oxygen atoms in total. The standard InChI is InChI=1S/C20H30N2O3/c1-24-16-6-4-5-15(13-16)20(23)22-11-9-14(10-12-22)19-17-7-2-3-8-18(17)21-25-19/h14-16H,2-13H2,1H3/t15-,16-/m0/s1. The molecular weight excluding hydrogens is 316 g/mol. The molecule has 1 amide bonds. The van der Waals surface area contributed by atoms with Crippen molar-refractivity contribution in [2.24, 2.45) is 5.92 Å². The van der Waals surface area contributed by atoms with E-state index in [0.29, 0.717) is 11.8 Å². The maximum Gasteiger partial charge on any atom is 0.225 e. The fraction of sp³-hybridized carbons (Fsp3) is 0.800. The minimum atomic E-state index is 0.160. The lowest BCUT2D eigenvalue weighted by Crippen LogP contribution is -2.43. The van der Waals surface area contributed by atoms with Crippen molar-refractivity contribution in [3.63, 3.8) is 0 Å². The molecule has 2 heterocycles. The van der Waals surface area contributed by atoms with Gasteiger partial charge in [0.15, 0.2) is 0 Å². The molecule has 0 spiro atoms. The van der Waals surface area contributed by atoms with Crippen LogP contribution in [0.25, 0.3) is 0 Å². The Morgan fingerprint density at radius 1 is 1.12 bits per heavy atom. The molecule has 3 aliphatic rings. The summed E-state index contributed by atoms with van der Waals surface area (Å²) < 4.78 is 11.2. The lowest BCUT2D eigenvalue weighted by molar-refractivity contribution is -0.139. The Balaban J connectivity index is 1.35. The number of methoxy groups -OCH3 is 1.